The molecule has 1 atom stereocenters. The quantitative estimate of drug-likeness (QED) is 0.514. The van der Waals surface area contributed by atoms with E-state index in [2.05, 4.69) is 25.6 Å². The molecule has 10 nitrogen and oxygen atoms in total. The fourth-order valence-corrected chi connectivity index (χ4v) is 3.51. The third-order valence-corrected chi connectivity index (χ3v) is 5.08. The Hall–Kier alpha value is -3.43. The van der Waals surface area contributed by atoms with E-state index in [1.54, 1.807) is 0 Å². The minimum atomic E-state index is -1.23. The zero-order chi connectivity index (χ0) is 21.0. The lowest BCUT2D eigenvalue weighted by Crippen LogP contribution is -2.39. The Morgan fingerprint density at radius 1 is 1.24 bits per heavy atom. The second-order valence-corrected chi connectivity index (χ2v) is 7.13. The van der Waals surface area contributed by atoms with Crippen molar-refractivity contribution in [3.8, 4) is 17.3 Å². The third-order valence-electron chi connectivity index (χ3n) is 5.08. The second kappa shape index (κ2) is 8.72. The molecular weight excluding hydrogens is 378 g/mol. The van der Waals surface area contributed by atoms with Crippen LogP contribution in [0.3, 0.4) is 0 Å². The van der Waals surface area contributed by atoms with Crippen molar-refractivity contribution < 1.29 is 19.8 Å². The van der Waals surface area contributed by atoms with E-state index in [0.29, 0.717) is 5.92 Å². The molecule has 2 aromatic heterocycles. The molecule has 2 aromatic rings. The monoisotopic (exact) mass is 401 g/mol. The first-order valence-corrected chi connectivity index (χ1v) is 9.45. The Balaban J connectivity index is 1.82. The number of carboxylic acid groups (broad SMARTS) is 1. The number of anilines is 1. The predicted octanol–water partition coefficient (Wildman–Crippen LogP) is 2.33. The standard InChI is InChI=1S/C19H23N5O5/c1-10(11-5-3-2-4-6-11)21-17(26)14-15(25)18(27)24-16(23-14)13-8-7-12(9-20-13)22-19(28)29/h7-11,22,25H,2-6H2,1H3,(H,21,26)(H,28,29)(H,23,24,27). The van der Waals surface area contributed by atoms with Crippen molar-refractivity contribution in [2.24, 2.45) is 5.92 Å². The van der Waals surface area contributed by atoms with Crippen LogP contribution in [0.4, 0.5) is 10.5 Å². The number of H-pyrrole nitrogens is 1. The molecule has 10 heteroatoms. The van der Waals surface area contributed by atoms with Gasteiger partial charge in [0, 0.05) is 6.04 Å². The lowest BCUT2D eigenvalue weighted by Gasteiger charge is -2.28. The number of aromatic hydroxyl groups is 1. The van der Waals surface area contributed by atoms with Crippen LogP contribution in [-0.2, 0) is 0 Å². The van der Waals surface area contributed by atoms with Crippen molar-refractivity contribution in [3.05, 3.63) is 34.4 Å². The van der Waals surface area contributed by atoms with E-state index in [-0.39, 0.29) is 28.9 Å². The highest BCUT2D eigenvalue weighted by Gasteiger charge is 2.25. The molecule has 1 aliphatic rings. The molecule has 0 bridgehead atoms. The van der Waals surface area contributed by atoms with Crippen LogP contribution in [0.15, 0.2) is 23.1 Å². The molecule has 3 rings (SSSR count). The summed E-state index contributed by atoms with van der Waals surface area (Å²) in [6, 6.07) is 2.77. The number of hydrogen-bond acceptors (Lipinski definition) is 6. The number of rotatable bonds is 5. The number of hydrogen-bond donors (Lipinski definition) is 5. The first-order chi connectivity index (χ1) is 13.8. The molecule has 1 unspecified atom stereocenters. The van der Waals surface area contributed by atoms with Gasteiger partial charge in [0.05, 0.1) is 11.9 Å². The number of aromatic nitrogens is 3. The number of nitrogens with one attached hydrogen (secondary N) is 3. The summed E-state index contributed by atoms with van der Waals surface area (Å²) in [5, 5.41) is 23.7. The van der Waals surface area contributed by atoms with Gasteiger partial charge in [0.2, 0.25) is 5.75 Å². The molecule has 0 saturated heterocycles. The number of pyridine rings is 1. The molecular formula is C19H23N5O5. The summed E-state index contributed by atoms with van der Waals surface area (Å²) in [6.45, 7) is 1.91. The zero-order valence-electron chi connectivity index (χ0n) is 15.9. The van der Waals surface area contributed by atoms with Gasteiger partial charge in [-0.25, -0.2) is 9.78 Å². The van der Waals surface area contributed by atoms with Gasteiger partial charge in [-0.05, 0) is 37.8 Å². The zero-order valence-corrected chi connectivity index (χ0v) is 15.9. The van der Waals surface area contributed by atoms with E-state index >= 15 is 0 Å². The molecule has 0 radical (unpaired) electrons. The summed E-state index contributed by atoms with van der Waals surface area (Å²) in [6.07, 6.45) is 5.53. The predicted molar refractivity (Wildman–Crippen MR) is 105 cm³/mol. The number of nitrogens with zero attached hydrogens (tertiary/aromatic N) is 2. The minimum Gasteiger partial charge on any atom is -0.501 e. The molecule has 0 spiro atoms. The summed E-state index contributed by atoms with van der Waals surface area (Å²) in [7, 11) is 0. The van der Waals surface area contributed by atoms with Gasteiger partial charge in [0.25, 0.3) is 11.5 Å². The van der Waals surface area contributed by atoms with Crippen molar-refractivity contribution >= 4 is 17.7 Å². The fourth-order valence-electron chi connectivity index (χ4n) is 3.51. The van der Waals surface area contributed by atoms with E-state index in [1.807, 2.05) is 6.92 Å². The van der Waals surface area contributed by atoms with Gasteiger partial charge in [-0.15, -0.1) is 0 Å². The molecule has 5 N–H and O–H groups in total. The summed E-state index contributed by atoms with van der Waals surface area (Å²) in [5.41, 5.74) is -0.782. The highest BCUT2D eigenvalue weighted by atomic mass is 16.4. The van der Waals surface area contributed by atoms with Crippen LogP contribution in [-0.4, -0.2) is 43.2 Å². The molecule has 0 aliphatic heterocycles. The SMILES string of the molecule is CC(NC(=O)c1nc(-c2ccc(NC(=O)O)cn2)[nH]c(=O)c1O)C1CCCCC1. The Kier molecular flexibility index (Phi) is 6.10. The number of carbonyl (C=O) groups excluding carboxylic acids is 1. The lowest BCUT2D eigenvalue weighted by atomic mass is 9.84. The summed E-state index contributed by atoms with van der Waals surface area (Å²) < 4.78 is 0. The molecule has 2 amide bonds. The number of carbonyl (C=O) groups is 2. The second-order valence-electron chi connectivity index (χ2n) is 7.13. The maximum atomic E-state index is 12.6. The van der Waals surface area contributed by atoms with E-state index < -0.39 is 23.3 Å². The smallest absolute Gasteiger partial charge is 0.409 e. The molecule has 0 aromatic carbocycles. The summed E-state index contributed by atoms with van der Waals surface area (Å²) in [4.78, 5) is 45.9. The van der Waals surface area contributed by atoms with Gasteiger partial charge in [0.15, 0.2) is 11.5 Å². The van der Waals surface area contributed by atoms with E-state index in [9.17, 15) is 19.5 Å². The first-order valence-electron chi connectivity index (χ1n) is 9.45. The van der Waals surface area contributed by atoms with Crippen LogP contribution in [0, 0.1) is 5.92 Å². The Labute approximate surface area is 166 Å². The summed E-state index contributed by atoms with van der Waals surface area (Å²) >= 11 is 0. The van der Waals surface area contributed by atoms with Crippen LogP contribution in [0.5, 0.6) is 5.75 Å². The maximum absolute atomic E-state index is 12.6. The number of amides is 2. The van der Waals surface area contributed by atoms with E-state index in [0.717, 1.165) is 25.7 Å². The fraction of sp³-hybridized carbons (Fsp3) is 0.421. The first kappa shape index (κ1) is 20.3. The van der Waals surface area contributed by atoms with Crippen LogP contribution >= 0.6 is 0 Å². The Morgan fingerprint density at radius 3 is 2.59 bits per heavy atom. The molecule has 2 heterocycles. The molecule has 29 heavy (non-hydrogen) atoms. The molecule has 1 saturated carbocycles. The minimum absolute atomic E-state index is 0.00913. The number of aromatic amines is 1. The van der Waals surface area contributed by atoms with Crippen molar-refractivity contribution in [1.29, 1.82) is 0 Å². The maximum Gasteiger partial charge on any atom is 0.409 e. The van der Waals surface area contributed by atoms with Gasteiger partial charge < -0.3 is 20.5 Å². The van der Waals surface area contributed by atoms with Gasteiger partial charge in [-0.1, -0.05) is 19.3 Å². The van der Waals surface area contributed by atoms with Crippen LogP contribution in [0.2, 0.25) is 0 Å². The van der Waals surface area contributed by atoms with E-state index in [4.69, 9.17) is 5.11 Å². The van der Waals surface area contributed by atoms with Gasteiger partial charge >= 0.3 is 6.09 Å². The Morgan fingerprint density at radius 2 is 1.97 bits per heavy atom. The van der Waals surface area contributed by atoms with Crippen LogP contribution in [0.25, 0.3) is 11.5 Å². The normalized spacial score (nSPS) is 15.5. The average molecular weight is 401 g/mol. The highest BCUT2D eigenvalue weighted by molar-refractivity contribution is 5.95. The molecule has 1 fully saturated rings. The topological polar surface area (TPSA) is 157 Å². The van der Waals surface area contributed by atoms with Crippen molar-refractivity contribution in [2.75, 3.05) is 5.32 Å². The Bertz CT molecular complexity index is 950. The highest BCUT2D eigenvalue weighted by Crippen LogP contribution is 2.26. The lowest BCUT2D eigenvalue weighted by molar-refractivity contribution is 0.0910. The van der Waals surface area contributed by atoms with Crippen LogP contribution < -0.4 is 16.2 Å². The summed E-state index contributed by atoms with van der Waals surface area (Å²) in [5.74, 6) is -1.04. The largest absolute Gasteiger partial charge is 0.501 e. The van der Waals surface area contributed by atoms with Gasteiger partial charge in [0.1, 0.15) is 5.69 Å². The molecule has 1 aliphatic carbocycles. The van der Waals surface area contributed by atoms with E-state index in [1.165, 1.54) is 24.8 Å². The van der Waals surface area contributed by atoms with Gasteiger partial charge in [-0.2, -0.15) is 0 Å². The average Bonchev–Trinajstić information content (AvgIpc) is 2.70. The molecule has 154 valence electrons. The van der Waals surface area contributed by atoms with Gasteiger partial charge in [-0.3, -0.25) is 19.9 Å². The van der Waals surface area contributed by atoms with Crippen molar-refractivity contribution in [1.82, 2.24) is 20.3 Å². The van der Waals surface area contributed by atoms with Crippen LogP contribution in [0.1, 0.15) is 49.5 Å². The third kappa shape index (κ3) is 4.89. The van der Waals surface area contributed by atoms with Crippen molar-refractivity contribution in [2.45, 2.75) is 45.1 Å². The van der Waals surface area contributed by atoms with Crippen molar-refractivity contribution in [3.63, 3.8) is 0 Å².